The Labute approximate surface area is 187 Å². The molecule has 0 radical (unpaired) electrons. The van der Waals surface area contributed by atoms with Gasteiger partial charge in [-0.3, -0.25) is 4.79 Å². The first-order chi connectivity index (χ1) is 15.3. The minimum absolute atomic E-state index is 0.114. The molecule has 2 aliphatic rings. The third-order valence-electron chi connectivity index (χ3n) is 6.21. The van der Waals surface area contributed by atoms with Crippen molar-refractivity contribution in [3.8, 4) is 11.5 Å². The number of carboxylic acids is 1. The summed E-state index contributed by atoms with van der Waals surface area (Å²) in [6.45, 7) is 4.09. The molecule has 1 heterocycles. The van der Waals surface area contributed by atoms with Gasteiger partial charge in [0.05, 0.1) is 7.11 Å². The predicted octanol–water partition coefficient (Wildman–Crippen LogP) is 4.60. The van der Waals surface area contributed by atoms with Gasteiger partial charge in [0.1, 0.15) is 22.8 Å². The number of hydrogen-bond acceptors (Lipinski definition) is 6. The molecule has 172 valence electrons. The average Bonchev–Trinajstić information content (AvgIpc) is 3.02. The standard InChI is InChI=1S/C25H30O7/c1-4-6-8-10-15-12-16(26)13-20(31-3)25(15)22-17(11-9-7-5-2)21(23(28)29)18(27)14-19(22)32-24(25)30/h12-14,27H,4-11H2,1-3H3,(H,28,29)/t25-/m1/s1. The number of allylic oxidation sites excluding steroid dienone is 2. The Morgan fingerprint density at radius 3 is 2.31 bits per heavy atom. The summed E-state index contributed by atoms with van der Waals surface area (Å²) in [7, 11) is 1.39. The number of aromatic carboxylic acids is 1. The molecule has 0 bridgehead atoms. The van der Waals surface area contributed by atoms with Crippen molar-refractivity contribution in [2.45, 2.75) is 70.6 Å². The van der Waals surface area contributed by atoms with E-state index in [2.05, 4.69) is 6.92 Å². The zero-order chi connectivity index (χ0) is 23.5. The summed E-state index contributed by atoms with van der Waals surface area (Å²) in [6.07, 6.45) is 8.60. The normalized spacial score (nSPS) is 19.5. The van der Waals surface area contributed by atoms with Crippen molar-refractivity contribution in [1.29, 1.82) is 0 Å². The van der Waals surface area contributed by atoms with Crippen LogP contribution in [0.5, 0.6) is 11.5 Å². The molecule has 1 atom stereocenters. The highest BCUT2D eigenvalue weighted by molar-refractivity contribution is 6.09. The first-order valence-corrected chi connectivity index (χ1v) is 11.2. The number of benzene rings is 1. The van der Waals surface area contributed by atoms with E-state index in [9.17, 15) is 24.6 Å². The highest BCUT2D eigenvalue weighted by Gasteiger charge is 2.59. The number of carbonyl (C=O) groups is 3. The van der Waals surface area contributed by atoms with Gasteiger partial charge in [-0.2, -0.15) is 0 Å². The maximum absolute atomic E-state index is 13.5. The SMILES string of the molecule is CCCCCC1=CC(=O)C=C(OC)[C@]12C(=O)Oc1cc(O)c(C(=O)O)c(CCCCC)c12. The number of esters is 1. The van der Waals surface area contributed by atoms with Crippen LogP contribution in [0.1, 0.15) is 80.3 Å². The van der Waals surface area contributed by atoms with Gasteiger partial charge in [-0.1, -0.05) is 39.5 Å². The van der Waals surface area contributed by atoms with Crippen LogP contribution in [-0.2, 0) is 26.2 Å². The van der Waals surface area contributed by atoms with Crippen LogP contribution >= 0.6 is 0 Å². The van der Waals surface area contributed by atoms with Gasteiger partial charge in [-0.25, -0.2) is 9.59 Å². The number of ketones is 1. The molecule has 1 aromatic carbocycles. The molecule has 0 fully saturated rings. The van der Waals surface area contributed by atoms with Crippen molar-refractivity contribution in [3.05, 3.63) is 46.2 Å². The van der Waals surface area contributed by atoms with E-state index in [0.717, 1.165) is 32.1 Å². The van der Waals surface area contributed by atoms with Crippen LogP contribution < -0.4 is 4.74 Å². The monoisotopic (exact) mass is 442 g/mol. The average molecular weight is 443 g/mol. The Balaban J connectivity index is 2.32. The summed E-state index contributed by atoms with van der Waals surface area (Å²) in [5, 5.41) is 20.4. The first-order valence-electron chi connectivity index (χ1n) is 11.2. The van der Waals surface area contributed by atoms with Gasteiger partial charge in [0.25, 0.3) is 0 Å². The van der Waals surface area contributed by atoms with E-state index in [4.69, 9.17) is 9.47 Å². The highest BCUT2D eigenvalue weighted by atomic mass is 16.5. The number of carbonyl (C=O) groups excluding carboxylic acids is 2. The summed E-state index contributed by atoms with van der Waals surface area (Å²) in [4.78, 5) is 38.0. The van der Waals surface area contributed by atoms with Gasteiger partial charge in [-0.05, 0) is 42.9 Å². The zero-order valence-corrected chi connectivity index (χ0v) is 18.8. The van der Waals surface area contributed by atoms with Gasteiger partial charge < -0.3 is 19.7 Å². The summed E-state index contributed by atoms with van der Waals surface area (Å²) >= 11 is 0. The molecule has 0 aromatic heterocycles. The molecule has 1 aliphatic heterocycles. The molecular formula is C25H30O7. The maximum atomic E-state index is 13.5. The van der Waals surface area contributed by atoms with Crippen molar-refractivity contribution in [1.82, 2.24) is 0 Å². The molecule has 1 aromatic rings. The third-order valence-corrected chi connectivity index (χ3v) is 6.21. The van der Waals surface area contributed by atoms with Crippen molar-refractivity contribution < 1.29 is 34.1 Å². The van der Waals surface area contributed by atoms with Crippen molar-refractivity contribution in [2.24, 2.45) is 0 Å². The molecule has 0 saturated heterocycles. The van der Waals surface area contributed by atoms with Crippen molar-refractivity contribution in [3.63, 3.8) is 0 Å². The molecule has 0 saturated carbocycles. The largest absolute Gasteiger partial charge is 0.507 e. The van der Waals surface area contributed by atoms with Gasteiger partial charge in [0.2, 0.25) is 0 Å². The van der Waals surface area contributed by atoms with Crippen LogP contribution in [0.2, 0.25) is 0 Å². The molecule has 2 N–H and O–H groups in total. The van der Waals surface area contributed by atoms with E-state index in [1.54, 1.807) is 0 Å². The Kier molecular flexibility index (Phi) is 7.06. The van der Waals surface area contributed by atoms with E-state index in [0.29, 0.717) is 36.0 Å². The molecular weight excluding hydrogens is 412 g/mol. The molecule has 0 amide bonds. The van der Waals surface area contributed by atoms with Gasteiger partial charge in [0.15, 0.2) is 11.2 Å². The molecule has 7 heteroatoms. The highest BCUT2D eigenvalue weighted by Crippen LogP contribution is 2.55. The minimum atomic E-state index is -1.52. The van der Waals surface area contributed by atoms with E-state index in [-0.39, 0.29) is 22.9 Å². The van der Waals surface area contributed by atoms with Crippen LogP contribution in [0.3, 0.4) is 0 Å². The summed E-state index contributed by atoms with van der Waals surface area (Å²) in [6, 6.07) is 1.18. The number of carboxylic acid groups (broad SMARTS) is 1. The lowest BCUT2D eigenvalue weighted by atomic mass is 9.66. The smallest absolute Gasteiger partial charge is 0.339 e. The van der Waals surface area contributed by atoms with Crippen LogP contribution in [-0.4, -0.2) is 35.0 Å². The second-order valence-corrected chi connectivity index (χ2v) is 8.27. The van der Waals surface area contributed by atoms with E-state index >= 15 is 0 Å². The van der Waals surface area contributed by atoms with Gasteiger partial charge in [0, 0.05) is 17.7 Å². The number of unbranched alkanes of at least 4 members (excludes halogenated alkanes) is 4. The number of methoxy groups -OCH3 is 1. The summed E-state index contributed by atoms with van der Waals surface area (Å²) in [5.41, 5.74) is -0.496. The summed E-state index contributed by atoms with van der Waals surface area (Å²) < 4.78 is 11.2. The van der Waals surface area contributed by atoms with Crippen LogP contribution in [0.15, 0.2) is 29.6 Å². The van der Waals surface area contributed by atoms with E-state index in [1.165, 1.54) is 25.3 Å². The van der Waals surface area contributed by atoms with Crippen molar-refractivity contribution in [2.75, 3.05) is 7.11 Å². The van der Waals surface area contributed by atoms with Crippen molar-refractivity contribution >= 4 is 17.7 Å². The summed E-state index contributed by atoms with van der Waals surface area (Å²) in [5.74, 6) is -2.42. The lowest BCUT2D eigenvalue weighted by Gasteiger charge is -2.34. The molecule has 1 aliphatic carbocycles. The third kappa shape index (κ3) is 3.80. The minimum Gasteiger partial charge on any atom is -0.507 e. The first kappa shape index (κ1) is 23.6. The fraction of sp³-hybridized carbons (Fsp3) is 0.480. The van der Waals surface area contributed by atoms with Gasteiger partial charge in [-0.15, -0.1) is 0 Å². The Hall–Kier alpha value is -3.09. The maximum Gasteiger partial charge on any atom is 0.339 e. The molecule has 7 nitrogen and oxygen atoms in total. The number of phenols is 1. The van der Waals surface area contributed by atoms with Crippen LogP contribution in [0.25, 0.3) is 0 Å². The molecule has 32 heavy (non-hydrogen) atoms. The Morgan fingerprint density at radius 2 is 1.72 bits per heavy atom. The number of fused-ring (bicyclic) bond motifs is 2. The Bertz CT molecular complexity index is 1000. The van der Waals surface area contributed by atoms with Crippen LogP contribution in [0, 0.1) is 0 Å². The lowest BCUT2D eigenvalue weighted by Crippen LogP contribution is -2.42. The second-order valence-electron chi connectivity index (χ2n) is 8.27. The van der Waals surface area contributed by atoms with E-state index in [1.807, 2.05) is 6.92 Å². The topological polar surface area (TPSA) is 110 Å². The molecule has 0 unspecified atom stereocenters. The fourth-order valence-electron chi connectivity index (χ4n) is 4.78. The number of aromatic hydroxyl groups is 1. The zero-order valence-electron chi connectivity index (χ0n) is 18.8. The number of ether oxygens (including phenoxy) is 2. The number of rotatable bonds is 10. The molecule has 3 rings (SSSR count). The molecule has 1 spiro atoms. The second kappa shape index (κ2) is 9.59. The Morgan fingerprint density at radius 1 is 1.06 bits per heavy atom. The van der Waals surface area contributed by atoms with Crippen LogP contribution in [0.4, 0.5) is 0 Å². The van der Waals surface area contributed by atoms with E-state index < -0.39 is 23.1 Å². The number of hydrogen-bond donors (Lipinski definition) is 2. The lowest BCUT2D eigenvalue weighted by molar-refractivity contribution is -0.137. The predicted molar refractivity (Wildman–Crippen MR) is 118 cm³/mol. The quantitative estimate of drug-likeness (QED) is 0.309. The fourth-order valence-corrected chi connectivity index (χ4v) is 4.78. The van der Waals surface area contributed by atoms with Gasteiger partial charge >= 0.3 is 11.9 Å².